The maximum absolute atomic E-state index is 12.2. The summed E-state index contributed by atoms with van der Waals surface area (Å²) in [5.41, 5.74) is 1.34. The summed E-state index contributed by atoms with van der Waals surface area (Å²) in [4.78, 5) is 0. The Morgan fingerprint density at radius 3 is 2.19 bits per heavy atom. The van der Waals surface area contributed by atoms with Crippen molar-refractivity contribution in [2.45, 2.75) is 20.1 Å². The zero-order chi connectivity index (χ0) is 12.3. The van der Waals surface area contributed by atoms with Gasteiger partial charge in [-0.3, -0.25) is 5.32 Å². The fourth-order valence-corrected chi connectivity index (χ4v) is 1.44. The minimum absolute atomic E-state index is 0.178. The molecule has 3 nitrogen and oxygen atoms in total. The number of hydrogen-bond acceptors (Lipinski definition) is 2. The number of alkyl halides is 3. The zero-order valence-corrected chi connectivity index (χ0v) is 8.89. The van der Waals surface area contributed by atoms with Crippen molar-refractivity contribution in [3.8, 4) is 0 Å². The van der Waals surface area contributed by atoms with E-state index in [1.807, 2.05) is 0 Å². The summed E-state index contributed by atoms with van der Waals surface area (Å²) >= 11 is 0. The van der Waals surface area contributed by atoms with Crippen LogP contribution in [0.1, 0.15) is 11.4 Å². The lowest BCUT2D eigenvalue weighted by molar-refractivity contribution is -0.145. The number of hydrogen-bond donors (Lipinski definition) is 2. The van der Waals surface area contributed by atoms with Gasteiger partial charge in [0, 0.05) is 17.6 Å². The van der Waals surface area contributed by atoms with E-state index in [-0.39, 0.29) is 5.82 Å². The number of aryl methyl sites for hydroxylation is 2. The SMILES string of the molecule is Cc1ccc(C)n1/C(=C/C=N)NC(F)(F)F. The highest BCUT2D eigenvalue weighted by molar-refractivity contribution is 5.76. The summed E-state index contributed by atoms with van der Waals surface area (Å²) < 4.78 is 38.1. The molecule has 0 saturated carbocycles. The summed E-state index contributed by atoms with van der Waals surface area (Å²) in [5.74, 6) is -0.178. The normalized spacial score (nSPS) is 12.7. The molecule has 88 valence electrons. The van der Waals surface area contributed by atoms with Crippen molar-refractivity contribution in [2.24, 2.45) is 0 Å². The minimum Gasteiger partial charge on any atom is -0.309 e. The molecule has 0 spiro atoms. The molecule has 1 aromatic rings. The summed E-state index contributed by atoms with van der Waals surface area (Å²) in [7, 11) is 0. The number of nitrogens with one attached hydrogen (secondary N) is 2. The van der Waals surface area contributed by atoms with Crippen LogP contribution in [-0.4, -0.2) is 17.1 Å². The van der Waals surface area contributed by atoms with E-state index < -0.39 is 6.30 Å². The molecule has 2 N–H and O–H groups in total. The van der Waals surface area contributed by atoms with E-state index in [0.29, 0.717) is 11.4 Å². The van der Waals surface area contributed by atoms with Gasteiger partial charge in [0.25, 0.3) is 0 Å². The first kappa shape index (κ1) is 12.4. The first-order valence-electron chi connectivity index (χ1n) is 4.56. The van der Waals surface area contributed by atoms with Gasteiger partial charge in [0.05, 0.1) is 0 Å². The van der Waals surface area contributed by atoms with E-state index in [1.54, 1.807) is 26.0 Å². The third-order valence-electron chi connectivity index (χ3n) is 2.02. The standard InChI is InChI=1S/C10H12F3N3/c1-7-3-4-8(2)16(7)9(5-6-14)15-10(11,12)13/h3-6,14-15H,1-2H3/b9-5+,14-6?. The van der Waals surface area contributed by atoms with E-state index in [2.05, 4.69) is 0 Å². The van der Waals surface area contributed by atoms with E-state index in [0.717, 1.165) is 12.3 Å². The summed E-state index contributed by atoms with van der Waals surface area (Å²) in [5, 5.41) is 8.28. The van der Waals surface area contributed by atoms with Gasteiger partial charge in [-0.2, -0.15) is 13.2 Å². The van der Waals surface area contributed by atoms with E-state index in [1.165, 1.54) is 9.88 Å². The zero-order valence-electron chi connectivity index (χ0n) is 8.89. The number of halogens is 3. The van der Waals surface area contributed by atoms with E-state index >= 15 is 0 Å². The van der Waals surface area contributed by atoms with Gasteiger partial charge in [0.2, 0.25) is 0 Å². The highest BCUT2D eigenvalue weighted by Crippen LogP contribution is 2.18. The number of rotatable bonds is 3. The van der Waals surface area contributed by atoms with Crippen LogP contribution < -0.4 is 5.32 Å². The van der Waals surface area contributed by atoms with Crippen LogP contribution in [0.5, 0.6) is 0 Å². The van der Waals surface area contributed by atoms with Gasteiger partial charge in [0.15, 0.2) is 0 Å². The third-order valence-corrected chi connectivity index (χ3v) is 2.02. The van der Waals surface area contributed by atoms with Gasteiger partial charge in [-0.15, -0.1) is 0 Å². The monoisotopic (exact) mass is 231 g/mol. The minimum atomic E-state index is -4.52. The van der Waals surface area contributed by atoms with Gasteiger partial charge >= 0.3 is 6.30 Å². The van der Waals surface area contributed by atoms with Crippen molar-refractivity contribution in [1.29, 1.82) is 5.41 Å². The number of allylic oxidation sites excluding steroid dienone is 1. The average Bonchev–Trinajstić information content (AvgIpc) is 2.43. The summed E-state index contributed by atoms with van der Waals surface area (Å²) in [6.45, 7) is 3.39. The Labute approximate surface area is 91.1 Å². The molecule has 0 saturated heterocycles. The lowest BCUT2D eigenvalue weighted by Crippen LogP contribution is -2.32. The Morgan fingerprint density at radius 1 is 1.31 bits per heavy atom. The predicted molar refractivity (Wildman–Crippen MR) is 56.2 cm³/mol. The Hall–Kier alpha value is -1.72. The van der Waals surface area contributed by atoms with Crippen molar-refractivity contribution in [1.82, 2.24) is 9.88 Å². The second-order valence-corrected chi connectivity index (χ2v) is 3.29. The molecule has 1 aromatic heterocycles. The highest BCUT2D eigenvalue weighted by Gasteiger charge is 2.29. The van der Waals surface area contributed by atoms with Crippen molar-refractivity contribution in [3.63, 3.8) is 0 Å². The average molecular weight is 231 g/mol. The van der Waals surface area contributed by atoms with Gasteiger partial charge < -0.3 is 9.98 Å². The van der Waals surface area contributed by atoms with Crippen LogP contribution in [0.2, 0.25) is 0 Å². The Balaban J connectivity index is 3.14. The molecule has 6 heteroatoms. The van der Waals surface area contributed by atoms with E-state index in [4.69, 9.17) is 5.41 Å². The Kier molecular flexibility index (Phi) is 3.41. The second-order valence-electron chi connectivity index (χ2n) is 3.29. The van der Waals surface area contributed by atoms with Crippen LogP contribution in [0.15, 0.2) is 18.2 Å². The smallest absolute Gasteiger partial charge is 0.309 e. The molecule has 0 aromatic carbocycles. The van der Waals surface area contributed by atoms with Gasteiger partial charge in [-0.05, 0) is 32.1 Å². The van der Waals surface area contributed by atoms with Crippen molar-refractivity contribution in [2.75, 3.05) is 0 Å². The molecule has 0 aliphatic rings. The first-order valence-corrected chi connectivity index (χ1v) is 4.56. The molecule has 0 aliphatic heterocycles. The van der Waals surface area contributed by atoms with Crippen LogP contribution in [0.25, 0.3) is 5.82 Å². The van der Waals surface area contributed by atoms with Crippen LogP contribution in [0.3, 0.4) is 0 Å². The molecule has 0 unspecified atom stereocenters. The molecule has 0 aliphatic carbocycles. The van der Waals surface area contributed by atoms with Gasteiger partial charge in [0.1, 0.15) is 5.82 Å². The predicted octanol–water partition coefficient (Wildman–Crippen LogP) is 2.66. The first-order chi connectivity index (χ1) is 7.35. The molecule has 0 radical (unpaired) electrons. The molecule has 0 atom stereocenters. The highest BCUT2D eigenvalue weighted by atomic mass is 19.4. The molecule has 0 bridgehead atoms. The lowest BCUT2D eigenvalue weighted by atomic mass is 10.4. The number of nitrogens with zero attached hydrogens (tertiary/aromatic N) is 1. The van der Waals surface area contributed by atoms with Crippen LogP contribution in [0, 0.1) is 19.3 Å². The topological polar surface area (TPSA) is 40.8 Å². The van der Waals surface area contributed by atoms with Crippen LogP contribution in [0.4, 0.5) is 13.2 Å². The van der Waals surface area contributed by atoms with Gasteiger partial charge in [-0.25, -0.2) is 0 Å². The molecule has 1 rings (SSSR count). The molecule has 0 amide bonds. The largest absolute Gasteiger partial charge is 0.483 e. The summed E-state index contributed by atoms with van der Waals surface area (Å²) in [6.07, 6.45) is -2.64. The quantitative estimate of drug-likeness (QED) is 0.609. The number of aromatic nitrogens is 1. The Morgan fingerprint density at radius 2 is 1.81 bits per heavy atom. The molecule has 16 heavy (non-hydrogen) atoms. The van der Waals surface area contributed by atoms with Crippen molar-refractivity contribution >= 4 is 12.0 Å². The third kappa shape index (κ3) is 2.88. The lowest BCUT2D eigenvalue weighted by Gasteiger charge is -2.17. The summed E-state index contributed by atoms with van der Waals surface area (Å²) in [6, 6.07) is 3.43. The van der Waals surface area contributed by atoms with Crippen LogP contribution in [-0.2, 0) is 0 Å². The second kappa shape index (κ2) is 4.42. The van der Waals surface area contributed by atoms with Crippen molar-refractivity contribution < 1.29 is 13.2 Å². The van der Waals surface area contributed by atoms with Gasteiger partial charge in [-0.1, -0.05) is 0 Å². The molecule has 0 fully saturated rings. The molecular formula is C10H12F3N3. The maximum atomic E-state index is 12.2. The van der Waals surface area contributed by atoms with Crippen molar-refractivity contribution in [3.05, 3.63) is 29.6 Å². The fraction of sp³-hybridized carbons (Fsp3) is 0.300. The maximum Gasteiger partial charge on any atom is 0.483 e. The van der Waals surface area contributed by atoms with Crippen LogP contribution >= 0.6 is 0 Å². The molecule has 1 heterocycles. The molecular weight excluding hydrogens is 219 g/mol. The van der Waals surface area contributed by atoms with E-state index in [9.17, 15) is 13.2 Å². The Bertz CT molecular complexity index is 396. The fourth-order valence-electron chi connectivity index (χ4n) is 1.44.